The molecule has 3 N–H and O–H groups in total. The van der Waals surface area contributed by atoms with Gasteiger partial charge < -0.3 is 10.2 Å². The number of aliphatic hydroxyl groups is 2. The molecule has 0 aliphatic rings. The highest BCUT2D eigenvalue weighted by Gasteiger charge is 2.27. The van der Waals surface area contributed by atoms with Gasteiger partial charge in [0.05, 0.1) is 18.8 Å². The fourth-order valence-corrected chi connectivity index (χ4v) is 3.69. The lowest BCUT2D eigenvalue weighted by atomic mass is 9.94. The molecule has 2 aromatic rings. The van der Waals surface area contributed by atoms with Crippen LogP contribution in [0.5, 0.6) is 0 Å². The Labute approximate surface area is 165 Å². The molecule has 0 heterocycles. The third kappa shape index (κ3) is 6.29. The first-order chi connectivity index (χ1) is 12.6. The maximum atomic E-state index is 9.42. The van der Waals surface area contributed by atoms with Gasteiger partial charge in [-0.15, -0.1) is 0 Å². The van der Waals surface area contributed by atoms with Crippen LogP contribution in [0.15, 0.2) is 58.3 Å². The van der Waals surface area contributed by atoms with Crippen LogP contribution in [0.3, 0.4) is 0 Å². The van der Waals surface area contributed by atoms with E-state index < -0.39 is 5.54 Å². The molecular weight excluding hydrogens is 366 g/mol. The van der Waals surface area contributed by atoms with Gasteiger partial charge in [-0.05, 0) is 72.9 Å². The SMILES string of the molecule is CCCCc1ccc(Sc2ccc(CCC(CO)(CO)NCl)cc2)cc1. The summed E-state index contributed by atoms with van der Waals surface area (Å²) in [6, 6.07) is 17.2. The van der Waals surface area contributed by atoms with Gasteiger partial charge in [0.1, 0.15) is 0 Å². The van der Waals surface area contributed by atoms with E-state index in [1.54, 1.807) is 11.8 Å². The molecule has 0 aliphatic carbocycles. The third-order valence-corrected chi connectivity index (χ3v) is 6.02. The van der Waals surface area contributed by atoms with Crippen molar-refractivity contribution in [2.24, 2.45) is 0 Å². The minimum atomic E-state index is -0.839. The summed E-state index contributed by atoms with van der Waals surface area (Å²) in [5.74, 6) is 0. The predicted octanol–water partition coefficient (Wildman–Crippen LogP) is 4.58. The van der Waals surface area contributed by atoms with Crippen LogP contribution in [0.4, 0.5) is 0 Å². The van der Waals surface area contributed by atoms with E-state index in [-0.39, 0.29) is 13.2 Å². The summed E-state index contributed by atoms with van der Waals surface area (Å²) < 4.78 is 0. The van der Waals surface area contributed by atoms with Gasteiger partial charge in [-0.2, -0.15) is 0 Å². The Morgan fingerprint density at radius 1 is 0.885 bits per heavy atom. The molecule has 5 heteroatoms. The molecular formula is C21H28ClNO2S. The maximum absolute atomic E-state index is 9.42. The predicted molar refractivity (Wildman–Crippen MR) is 110 cm³/mol. The lowest BCUT2D eigenvalue weighted by molar-refractivity contribution is 0.103. The molecule has 0 aliphatic heterocycles. The molecule has 0 bridgehead atoms. The van der Waals surface area contributed by atoms with Crippen molar-refractivity contribution in [3.63, 3.8) is 0 Å². The third-order valence-electron chi connectivity index (χ3n) is 4.60. The first-order valence-electron chi connectivity index (χ1n) is 9.10. The summed E-state index contributed by atoms with van der Waals surface area (Å²) in [5, 5.41) is 18.8. The van der Waals surface area contributed by atoms with Crippen molar-refractivity contribution in [3.05, 3.63) is 59.7 Å². The molecule has 3 nitrogen and oxygen atoms in total. The molecule has 0 unspecified atom stereocenters. The summed E-state index contributed by atoms with van der Waals surface area (Å²) in [6.45, 7) is 1.82. The van der Waals surface area contributed by atoms with Crippen LogP contribution in [0.25, 0.3) is 0 Å². The molecule has 0 spiro atoms. The molecule has 0 saturated carbocycles. The lowest BCUT2D eigenvalue weighted by Crippen LogP contribution is -2.47. The molecule has 2 aromatic carbocycles. The fraction of sp³-hybridized carbons (Fsp3) is 0.429. The van der Waals surface area contributed by atoms with Crippen molar-refractivity contribution < 1.29 is 10.2 Å². The van der Waals surface area contributed by atoms with Crippen molar-refractivity contribution in [1.82, 2.24) is 4.84 Å². The van der Waals surface area contributed by atoms with Gasteiger partial charge in [0, 0.05) is 9.79 Å². The Kier molecular flexibility index (Phi) is 8.96. The van der Waals surface area contributed by atoms with E-state index in [9.17, 15) is 10.2 Å². The van der Waals surface area contributed by atoms with Gasteiger partial charge in [0.2, 0.25) is 0 Å². The number of aryl methyl sites for hydroxylation is 2. The molecule has 2 rings (SSSR count). The van der Waals surface area contributed by atoms with Gasteiger partial charge in [-0.1, -0.05) is 49.4 Å². The smallest absolute Gasteiger partial charge is 0.0795 e. The van der Waals surface area contributed by atoms with E-state index in [1.165, 1.54) is 28.2 Å². The van der Waals surface area contributed by atoms with Gasteiger partial charge in [0.15, 0.2) is 0 Å². The second-order valence-electron chi connectivity index (χ2n) is 6.68. The van der Waals surface area contributed by atoms with Crippen molar-refractivity contribution in [2.75, 3.05) is 13.2 Å². The summed E-state index contributed by atoms with van der Waals surface area (Å²) in [4.78, 5) is 4.95. The molecule has 0 aromatic heterocycles. The molecule has 0 atom stereocenters. The molecule has 0 fully saturated rings. The van der Waals surface area contributed by atoms with Gasteiger partial charge in [-0.3, -0.25) is 0 Å². The topological polar surface area (TPSA) is 52.5 Å². The first kappa shape index (κ1) is 21.3. The molecule has 26 heavy (non-hydrogen) atoms. The Morgan fingerprint density at radius 3 is 1.81 bits per heavy atom. The highest BCUT2D eigenvalue weighted by Crippen LogP contribution is 2.28. The van der Waals surface area contributed by atoms with Gasteiger partial charge >= 0.3 is 0 Å². The van der Waals surface area contributed by atoms with Crippen molar-refractivity contribution >= 4 is 23.5 Å². The summed E-state index contributed by atoms with van der Waals surface area (Å²) in [7, 11) is 0. The average molecular weight is 394 g/mol. The van der Waals surface area contributed by atoms with Crippen LogP contribution in [0.1, 0.15) is 37.3 Å². The van der Waals surface area contributed by atoms with Crippen molar-refractivity contribution in [3.8, 4) is 0 Å². The van der Waals surface area contributed by atoms with E-state index >= 15 is 0 Å². The number of hydrogen-bond acceptors (Lipinski definition) is 4. The van der Waals surface area contributed by atoms with Crippen molar-refractivity contribution in [2.45, 2.75) is 54.4 Å². The van der Waals surface area contributed by atoms with Crippen LogP contribution < -0.4 is 4.84 Å². The monoisotopic (exact) mass is 393 g/mol. The minimum Gasteiger partial charge on any atom is -0.394 e. The average Bonchev–Trinajstić information content (AvgIpc) is 2.70. The molecule has 0 radical (unpaired) electrons. The Bertz CT molecular complexity index is 634. The number of hydrogen-bond donors (Lipinski definition) is 3. The number of nitrogens with one attached hydrogen (secondary N) is 1. The largest absolute Gasteiger partial charge is 0.394 e. The number of rotatable bonds is 11. The van der Waals surface area contributed by atoms with Crippen LogP contribution in [-0.4, -0.2) is 29.0 Å². The second kappa shape index (κ2) is 11.0. The number of halogens is 1. The van der Waals surface area contributed by atoms with E-state index in [2.05, 4.69) is 60.3 Å². The summed E-state index contributed by atoms with van der Waals surface area (Å²) >= 11 is 7.42. The van der Waals surface area contributed by atoms with E-state index in [4.69, 9.17) is 11.8 Å². The molecule has 142 valence electrons. The zero-order valence-electron chi connectivity index (χ0n) is 15.2. The fourth-order valence-electron chi connectivity index (χ4n) is 2.66. The van der Waals surface area contributed by atoms with E-state index in [0.29, 0.717) is 6.42 Å². The number of aliphatic hydroxyl groups excluding tert-OH is 2. The Balaban J connectivity index is 1.90. The standard InChI is InChI=1S/C21H28ClNO2S/c1-2-3-4-17-5-9-19(10-6-17)26-20-11-7-18(8-12-20)13-14-21(15-24,16-25)23-22/h5-12,23-25H,2-4,13-16H2,1H3. The number of benzene rings is 2. The normalized spacial score (nSPS) is 11.7. The van der Waals surface area contributed by atoms with Crippen LogP contribution in [0.2, 0.25) is 0 Å². The maximum Gasteiger partial charge on any atom is 0.0795 e. The lowest BCUT2D eigenvalue weighted by Gasteiger charge is -2.27. The first-order valence-corrected chi connectivity index (χ1v) is 10.3. The van der Waals surface area contributed by atoms with Crippen LogP contribution in [-0.2, 0) is 12.8 Å². The van der Waals surface area contributed by atoms with Crippen LogP contribution >= 0.6 is 23.5 Å². The Hall–Kier alpha value is -1.04. The highest BCUT2D eigenvalue weighted by molar-refractivity contribution is 7.99. The van der Waals surface area contributed by atoms with Gasteiger partial charge in [0.25, 0.3) is 0 Å². The number of unbranched alkanes of at least 4 members (excludes halogenated alkanes) is 1. The Morgan fingerprint density at radius 2 is 1.38 bits per heavy atom. The second-order valence-corrected chi connectivity index (χ2v) is 8.02. The molecule has 0 saturated heterocycles. The molecule has 0 amide bonds. The zero-order chi connectivity index (χ0) is 18.8. The minimum absolute atomic E-state index is 0.199. The highest BCUT2D eigenvalue weighted by atomic mass is 35.5. The van der Waals surface area contributed by atoms with E-state index in [0.717, 1.165) is 18.4 Å². The summed E-state index contributed by atoms with van der Waals surface area (Å²) in [5.41, 5.74) is 1.72. The summed E-state index contributed by atoms with van der Waals surface area (Å²) in [6.07, 6.45) is 4.91. The van der Waals surface area contributed by atoms with Gasteiger partial charge in [-0.25, -0.2) is 4.84 Å². The zero-order valence-corrected chi connectivity index (χ0v) is 16.8. The van der Waals surface area contributed by atoms with E-state index in [1.807, 2.05) is 0 Å². The van der Waals surface area contributed by atoms with Crippen LogP contribution in [0, 0.1) is 0 Å². The van der Waals surface area contributed by atoms with Crippen molar-refractivity contribution in [1.29, 1.82) is 0 Å². The quantitative estimate of drug-likeness (QED) is 0.489.